The molecule has 0 fully saturated rings. The van der Waals surface area contributed by atoms with Gasteiger partial charge in [0.2, 0.25) is 0 Å². The van der Waals surface area contributed by atoms with Gasteiger partial charge in [-0.1, -0.05) is 6.92 Å². The van der Waals surface area contributed by atoms with Crippen molar-refractivity contribution < 1.29 is 33.3 Å². The summed E-state index contributed by atoms with van der Waals surface area (Å²) in [5.41, 5.74) is 2.52. The summed E-state index contributed by atoms with van der Waals surface area (Å²) in [7, 11) is 0. The first kappa shape index (κ1) is 39.8. The van der Waals surface area contributed by atoms with Crippen molar-refractivity contribution in [2.24, 2.45) is 11.1 Å². The molecule has 0 saturated carbocycles. The van der Waals surface area contributed by atoms with Crippen molar-refractivity contribution in [3.05, 3.63) is 0 Å². The van der Waals surface area contributed by atoms with E-state index in [2.05, 4.69) is 32.2 Å². The fraction of sp³-hybridized carbons (Fsp3) is 0.933. The molecular weight excluding hydrogens is 550 g/mol. The van der Waals surface area contributed by atoms with Crippen molar-refractivity contribution in [3.8, 4) is 0 Å². The standard InChI is InChI=1S/C30H59NO7S2/c1-11-30(20-34-23(2)3,21-37-26(4,5)14-16-35-28(8,9)24(32)12-18-39)22-38-27(6,7)15-17-36-29(10,31)25(33)13-19-40/h23,39-40H,11-22,31H2,1-10H3. The molecule has 0 aliphatic heterocycles. The van der Waals surface area contributed by atoms with Crippen molar-refractivity contribution >= 4 is 36.8 Å². The average Bonchev–Trinajstić information content (AvgIpc) is 2.83. The Kier molecular flexibility index (Phi) is 17.7. The Bertz CT molecular complexity index is 702. The van der Waals surface area contributed by atoms with Gasteiger partial charge in [-0.2, -0.15) is 25.3 Å². The van der Waals surface area contributed by atoms with Crippen LogP contribution in [-0.4, -0.2) is 84.7 Å². The van der Waals surface area contributed by atoms with Crippen LogP contribution in [0.25, 0.3) is 0 Å². The minimum atomic E-state index is -1.34. The molecule has 0 heterocycles. The van der Waals surface area contributed by atoms with E-state index in [9.17, 15) is 9.59 Å². The van der Waals surface area contributed by atoms with Gasteiger partial charge in [0.1, 0.15) is 5.60 Å². The lowest BCUT2D eigenvalue weighted by Gasteiger charge is -2.39. The van der Waals surface area contributed by atoms with Crippen LogP contribution >= 0.6 is 25.3 Å². The van der Waals surface area contributed by atoms with Crippen LogP contribution in [0.3, 0.4) is 0 Å². The predicted octanol–water partition coefficient (Wildman–Crippen LogP) is 5.44. The highest BCUT2D eigenvalue weighted by Gasteiger charge is 2.36. The average molecular weight is 610 g/mol. The third-order valence-electron chi connectivity index (χ3n) is 7.19. The Morgan fingerprint density at radius 1 is 0.725 bits per heavy atom. The normalized spacial score (nSPS) is 16.1. The molecule has 0 saturated heterocycles. The minimum absolute atomic E-state index is 0.0440. The Balaban J connectivity index is 5.20. The molecule has 0 amide bonds. The van der Waals surface area contributed by atoms with Crippen molar-refractivity contribution in [2.75, 3.05) is 44.5 Å². The Morgan fingerprint density at radius 2 is 1.18 bits per heavy atom. The van der Waals surface area contributed by atoms with Crippen LogP contribution in [0.2, 0.25) is 0 Å². The molecule has 0 aromatic heterocycles. The van der Waals surface area contributed by atoms with Crippen molar-refractivity contribution in [1.82, 2.24) is 0 Å². The zero-order valence-electron chi connectivity index (χ0n) is 26.9. The minimum Gasteiger partial charge on any atom is -0.378 e. The van der Waals surface area contributed by atoms with E-state index in [0.717, 1.165) is 6.42 Å². The van der Waals surface area contributed by atoms with Gasteiger partial charge in [0.05, 0.1) is 50.3 Å². The van der Waals surface area contributed by atoms with E-state index in [1.807, 2.05) is 41.5 Å². The smallest absolute Gasteiger partial charge is 0.179 e. The first-order valence-electron chi connectivity index (χ1n) is 14.5. The number of hydrogen-bond donors (Lipinski definition) is 3. The van der Waals surface area contributed by atoms with Crippen molar-refractivity contribution in [3.63, 3.8) is 0 Å². The zero-order chi connectivity index (χ0) is 31.3. The number of ketones is 2. The van der Waals surface area contributed by atoms with Gasteiger partial charge in [0, 0.05) is 18.3 Å². The van der Waals surface area contributed by atoms with Gasteiger partial charge in [0.15, 0.2) is 17.3 Å². The maximum Gasteiger partial charge on any atom is 0.179 e. The third kappa shape index (κ3) is 15.9. The van der Waals surface area contributed by atoms with Crippen LogP contribution in [0.15, 0.2) is 0 Å². The number of carbonyl (C=O) groups is 2. The lowest BCUT2D eigenvalue weighted by atomic mass is 9.87. The summed E-state index contributed by atoms with van der Waals surface area (Å²) in [5, 5.41) is 0. The molecule has 2 atom stereocenters. The van der Waals surface area contributed by atoms with Crippen LogP contribution in [-0.2, 0) is 33.3 Å². The van der Waals surface area contributed by atoms with Gasteiger partial charge in [-0.25, -0.2) is 0 Å². The van der Waals surface area contributed by atoms with Crippen LogP contribution < -0.4 is 5.73 Å². The maximum absolute atomic E-state index is 12.3. The molecule has 0 aliphatic carbocycles. The molecule has 0 bridgehead atoms. The number of carbonyl (C=O) groups excluding carboxylic acids is 2. The molecule has 0 aliphatic rings. The maximum atomic E-state index is 12.3. The number of Topliss-reactive ketones (excluding diaryl/α,β-unsaturated/α-hetero) is 2. The van der Waals surface area contributed by atoms with Gasteiger partial charge in [0.25, 0.3) is 0 Å². The largest absolute Gasteiger partial charge is 0.378 e. The highest BCUT2D eigenvalue weighted by molar-refractivity contribution is 7.80. The molecule has 238 valence electrons. The highest BCUT2D eigenvalue weighted by atomic mass is 32.1. The van der Waals surface area contributed by atoms with Crippen LogP contribution in [0.4, 0.5) is 0 Å². The molecule has 0 aromatic carbocycles. The summed E-state index contributed by atoms with van der Waals surface area (Å²) in [6.07, 6.45) is 2.70. The van der Waals surface area contributed by atoms with Gasteiger partial charge in [-0.15, -0.1) is 0 Å². The monoisotopic (exact) mass is 609 g/mol. The number of thiol groups is 2. The van der Waals surface area contributed by atoms with E-state index in [1.54, 1.807) is 20.8 Å². The quantitative estimate of drug-likeness (QED) is 0.0981. The first-order chi connectivity index (χ1) is 18.3. The SMILES string of the molecule is CCC(COC(C)C)(COC(C)(C)CCOC(C)(C)C(=O)CCS)COC(C)(C)CCOC(C)(N)C(=O)CCS. The number of hydrogen-bond acceptors (Lipinski definition) is 10. The van der Waals surface area contributed by atoms with Gasteiger partial charge in [-0.05, 0) is 93.1 Å². The van der Waals surface area contributed by atoms with Crippen molar-refractivity contribution in [1.29, 1.82) is 0 Å². The summed E-state index contributed by atoms with van der Waals surface area (Å²) < 4.78 is 30.6. The molecular formula is C30H59NO7S2. The van der Waals surface area contributed by atoms with Crippen LogP contribution in [0.1, 0.15) is 101 Å². The van der Waals surface area contributed by atoms with Gasteiger partial charge >= 0.3 is 0 Å². The summed E-state index contributed by atoms with van der Waals surface area (Å²) in [6.45, 7) is 21.5. The fourth-order valence-electron chi connectivity index (χ4n) is 3.59. The van der Waals surface area contributed by atoms with Crippen LogP contribution in [0.5, 0.6) is 0 Å². The molecule has 0 radical (unpaired) electrons. The van der Waals surface area contributed by atoms with Gasteiger partial charge in [-0.3, -0.25) is 15.3 Å². The molecule has 10 heteroatoms. The van der Waals surface area contributed by atoms with Gasteiger partial charge < -0.3 is 23.7 Å². The molecule has 2 N–H and O–H groups in total. The van der Waals surface area contributed by atoms with E-state index in [-0.39, 0.29) is 36.1 Å². The van der Waals surface area contributed by atoms with E-state index >= 15 is 0 Å². The van der Waals surface area contributed by atoms with Crippen LogP contribution in [0, 0.1) is 5.41 Å². The van der Waals surface area contributed by atoms with E-state index in [1.165, 1.54) is 0 Å². The summed E-state index contributed by atoms with van der Waals surface area (Å²) >= 11 is 8.26. The first-order valence-corrected chi connectivity index (χ1v) is 15.8. The summed E-state index contributed by atoms with van der Waals surface area (Å²) in [4.78, 5) is 24.5. The number of rotatable bonds is 24. The Hall–Kier alpha value is -0.200. The van der Waals surface area contributed by atoms with E-state index in [4.69, 9.17) is 29.4 Å². The third-order valence-corrected chi connectivity index (χ3v) is 7.63. The molecule has 8 nitrogen and oxygen atoms in total. The van der Waals surface area contributed by atoms with E-state index in [0.29, 0.717) is 57.2 Å². The molecule has 0 aromatic rings. The lowest BCUT2D eigenvalue weighted by molar-refractivity contribution is -0.160. The zero-order valence-corrected chi connectivity index (χ0v) is 28.7. The second kappa shape index (κ2) is 17.8. The summed E-state index contributed by atoms with van der Waals surface area (Å²) in [6, 6.07) is 0. The fourth-order valence-corrected chi connectivity index (χ4v) is 4.00. The molecule has 40 heavy (non-hydrogen) atoms. The highest BCUT2D eigenvalue weighted by Crippen LogP contribution is 2.31. The molecule has 0 rings (SSSR count). The molecule has 0 spiro atoms. The second-order valence-electron chi connectivity index (χ2n) is 12.9. The Morgan fingerprint density at radius 3 is 1.60 bits per heavy atom. The summed E-state index contributed by atoms with van der Waals surface area (Å²) in [5.74, 6) is 0.811. The predicted molar refractivity (Wildman–Crippen MR) is 169 cm³/mol. The van der Waals surface area contributed by atoms with E-state index < -0.39 is 22.5 Å². The lowest BCUT2D eigenvalue weighted by Crippen LogP contribution is -2.48. The number of nitrogens with two attached hydrogens (primary N) is 1. The second-order valence-corrected chi connectivity index (χ2v) is 13.8. The Labute approximate surface area is 255 Å². The number of ether oxygens (including phenoxy) is 5. The molecule has 2 unspecified atom stereocenters. The van der Waals surface area contributed by atoms with Crippen molar-refractivity contribution in [2.45, 2.75) is 130 Å². The topological polar surface area (TPSA) is 106 Å².